The molecule has 0 heterocycles. The number of carbonyl (C=O) groups excluding carboxylic acids is 3. The number of esters is 1. The van der Waals surface area contributed by atoms with Crippen molar-refractivity contribution in [3.05, 3.63) is 71.8 Å². The summed E-state index contributed by atoms with van der Waals surface area (Å²) in [6.45, 7) is 4.53. The van der Waals surface area contributed by atoms with Crippen LogP contribution in [0.4, 0.5) is 0 Å². The number of hydrogen-bond donors (Lipinski definition) is 5. The van der Waals surface area contributed by atoms with Gasteiger partial charge in [0.2, 0.25) is 11.8 Å². The number of nitrogens with two attached hydrogens (primary N) is 1. The van der Waals surface area contributed by atoms with Crippen molar-refractivity contribution in [3.63, 3.8) is 0 Å². The van der Waals surface area contributed by atoms with E-state index in [2.05, 4.69) is 28.6 Å². The highest BCUT2D eigenvalue weighted by Gasteiger charge is 2.31. The zero-order chi connectivity index (χ0) is 29.3. The number of carbonyl (C=O) groups is 3. The minimum Gasteiger partial charge on any atom is -0.459 e. The van der Waals surface area contributed by atoms with E-state index in [1.807, 2.05) is 80.8 Å². The van der Waals surface area contributed by atoms with Gasteiger partial charge in [0.05, 0.1) is 6.04 Å². The molecule has 8 nitrogen and oxygen atoms in total. The molecular formula is C30H44N4O4S2. The lowest BCUT2D eigenvalue weighted by atomic mass is 9.97. The highest BCUT2D eigenvalue weighted by molar-refractivity contribution is 7.98. The van der Waals surface area contributed by atoms with E-state index >= 15 is 0 Å². The number of thiol groups is 1. The van der Waals surface area contributed by atoms with Crippen molar-refractivity contribution >= 4 is 42.2 Å². The normalized spacial score (nSPS) is 14.8. The molecule has 1 unspecified atom stereocenters. The molecule has 0 saturated heterocycles. The van der Waals surface area contributed by atoms with E-state index in [0.29, 0.717) is 24.5 Å². The van der Waals surface area contributed by atoms with Gasteiger partial charge in [0.25, 0.3) is 0 Å². The Bertz CT molecular complexity index is 1030. The van der Waals surface area contributed by atoms with Crippen LogP contribution in [0.3, 0.4) is 0 Å². The minimum atomic E-state index is -0.888. The van der Waals surface area contributed by atoms with Gasteiger partial charge in [-0.3, -0.25) is 9.59 Å². The maximum atomic E-state index is 13.6. The molecule has 0 aliphatic heterocycles. The molecule has 40 heavy (non-hydrogen) atoms. The lowest BCUT2D eigenvalue weighted by molar-refractivity contribution is -0.149. The average Bonchev–Trinajstić information content (AvgIpc) is 2.98. The van der Waals surface area contributed by atoms with Gasteiger partial charge in [0, 0.05) is 24.8 Å². The average molecular weight is 589 g/mol. The summed E-state index contributed by atoms with van der Waals surface area (Å²) in [4.78, 5) is 40.1. The predicted molar refractivity (Wildman–Crippen MR) is 166 cm³/mol. The molecule has 5 N–H and O–H groups in total. The lowest BCUT2D eigenvalue weighted by Gasteiger charge is -2.28. The monoisotopic (exact) mass is 588 g/mol. The number of hydrogen-bond acceptors (Lipinski definition) is 8. The van der Waals surface area contributed by atoms with Crippen LogP contribution in [-0.4, -0.2) is 66.3 Å². The van der Waals surface area contributed by atoms with Crippen LogP contribution in [-0.2, 0) is 32.1 Å². The smallest absolute Gasteiger partial charge is 0.329 e. The van der Waals surface area contributed by atoms with Crippen molar-refractivity contribution in [3.8, 4) is 0 Å². The van der Waals surface area contributed by atoms with Crippen molar-refractivity contribution in [2.75, 3.05) is 24.3 Å². The lowest BCUT2D eigenvalue weighted by Crippen LogP contribution is -2.58. The first-order valence-electron chi connectivity index (χ1n) is 13.7. The second kappa shape index (κ2) is 18.7. The largest absolute Gasteiger partial charge is 0.459 e. The van der Waals surface area contributed by atoms with Gasteiger partial charge in [-0.1, -0.05) is 80.9 Å². The Morgan fingerprint density at radius 1 is 0.950 bits per heavy atom. The van der Waals surface area contributed by atoms with Crippen LogP contribution >= 0.6 is 24.4 Å². The summed E-state index contributed by atoms with van der Waals surface area (Å²) in [6, 6.07) is 16.4. The molecule has 2 amide bonds. The third-order valence-corrected chi connectivity index (χ3v) is 7.79. The Balaban J connectivity index is 2.20. The van der Waals surface area contributed by atoms with Gasteiger partial charge >= 0.3 is 5.97 Å². The Hall–Kier alpha value is -2.53. The standard InChI is InChI=1S/C30H44N4O4S2/c1-4-21(2)27(32-18-24(31)20-39)29(36)34-26(17-22-11-7-5-8-12-22)28(35)33-25(15-16-40-3)30(37)38-19-23-13-9-6-10-14-23/h5-14,21,24-27,32,39H,4,15-20,31H2,1-3H3,(H,33,35)(H,34,36)/t21?,24-,25+,26+,27+/m1/s1. The molecule has 2 aromatic carbocycles. The number of thioether (sulfide) groups is 1. The van der Waals surface area contributed by atoms with Crippen molar-refractivity contribution < 1.29 is 19.1 Å². The van der Waals surface area contributed by atoms with Gasteiger partial charge in [0.1, 0.15) is 18.7 Å². The molecule has 220 valence electrons. The first-order chi connectivity index (χ1) is 19.3. The SMILES string of the molecule is CCC(C)[C@H](NC[C@@H](N)CS)C(=O)N[C@@H](Cc1ccccc1)C(=O)N[C@@H](CCSC)C(=O)OCc1ccccc1. The Kier molecular flexibility index (Phi) is 15.8. The first-order valence-corrected chi connectivity index (χ1v) is 15.8. The van der Waals surface area contributed by atoms with Crippen LogP contribution in [0, 0.1) is 5.92 Å². The number of rotatable bonds is 18. The van der Waals surface area contributed by atoms with E-state index in [1.165, 1.54) is 0 Å². The molecule has 2 rings (SSSR count). The van der Waals surface area contributed by atoms with E-state index < -0.39 is 30.0 Å². The molecule has 0 saturated carbocycles. The van der Waals surface area contributed by atoms with Crippen LogP contribution in [0.25, 0.3) is 0 Å². The highest BCUT2D eigenvalue weighted by atomic mass is 32.2. The molecule has 0 spiro atoms. The summed E-state index contributed by atoms with van der Waals surface area (Å²) >= 11 is 5.81. The van der Waals surface area contributed by atoms with Gasteiger partial charge in [-0.15, -0.1) is 0 Å². The highest BCUT2D eigenvalue weighted by Crippen LogP contribution is 2.12. The number of nitrogens with one attached hydrogen (secondary N) is 3. The van der Waals surface area contributed by atoms with Gasteiger partial charge in [-0.2, -0.15) is 24.4 Å². The van der Waals surface area contributed by atoms with Crippen LogP contribution in [0.15, 0.2) is 60.7 Å². The topological polar surface area (TPSA) is 123 Å². The zero-order valence-electron chi connectivity index (χ0n) is 23.7. The summed E-state index contributed by atoms with van der Waals surface area (Å²) in [6.07, 6.45) is 3.39. The fourth-order valence-electron chi connectivity index (χ4n) is 4.04. The van der Waals surface area contributed by atoms with Crippen LogP contribution in [0.2, 0.25) is 0 Å². The maximum Gasteiger partial charge on any atom is 0.329 e. The molecule has 0 fully saturated rings. The third-order valence-electron chi connectivity index (χ3n) is 6.68. The summed E-state index contributed by atoms with van der Waals surface area (Å²) in [7, 11) is 0. The van der Waals surface area contributed by atoms with Gasteiger partial charge in [0.15, 0.2) is 0 Å². The van der Waals surface area contributed by atoms with E-state index in [9.17, 15) is 14.4 Å². The van der Waals surface area contributed by atoms with Crippen molar-refractivity contribution in [1.82, 2.24) is 16.0 Å². The molecule has 5 atom stereocenters. The Morgan fingerprint density at radius 3 is 2.12 bits per heavy atom. The molecule has 2 aromatic rings. The Morgan fingerprint density at radius 2 is 1.55 bits per heavy atom. The molecule has 0 bridgehead atoms. The molecule has 0 aliphatic carbocycles. The van der Waals surface area contributed by atoms with Gasteiger partial charge in [-0.25, -0.2) is 4.79 Å². The molecule has 10 heteroatoms. The first kappa shape index (κ1) is 33.7. The summed E-state index contributed by atoms with van der Waals surface area (Å²) in [5, 5.41) is 9.07. The predicted octanol–water partition coefficient (Wildman–Crippen LogP) is 2.96. The van der Waals surface area contributed by atoms with Crippen LogP contribution < -0.4 is 21.7 Å². The number of ether oxygens (including phenoxy) is 1. The van der Waals surface area contributed by atoms with Crippen molar-refractivity contribution in [2.24, 2.45) is 11.7 Å². The Labute approximate surface area is 248 Å². The van der Waals surface area contributed by atoms with E-state index in [0.717, 1.165) is 17.5 Å². The maximum absolute atomic E-state index is 13.6. The summed E-state index contributed by atoms with van der Waals surface area (Å²) in [5.41, 5.74) is 7.77. The van der Waals surface area contributed by atoms with E-state index in [4.69, 9.17) is 10.5 Å². The van der Waals surface area contributed by atoms with Crippen LogP contribution in [0.5, 0.6) is 0 Å². The fraction of sp³-hybridized carbons (Fsp3) is 0.500. The minimum absolute atomic E-state index is 0.00912. The zero-order valence-corrected chi connectivity index (χ0v) is 25.4. The molecule has 0 radical (unpaired) electrons. The number of amides is 2. The quantitative estimate of drug-likeness (QED) is 0.134. The van der Waals surface area contributed by atoms with E-state index in [-0.39, 0.29) is 30.9 Å². The van der Waals surface area contributed by atoms with E-state index in [1.54, 1.807) is 11.8 Å². The summed E-state index contributed by atoms with van der Waals surface area (Å²) in [5.74, 6) is -0.0737. The van der Waals surface area contributed by atoms with Gasteiger partial charge in [-0.05, 0) is 35.5 Å². The number of benzene rings is 2. The molecular weight excluding hydrogens is 544 g/mol. The second-order valence-corrected chi connectivity index (χ2v) is 11.3. The van der Waals surface area contributed by atoms with Crippen molar-refractivity contribution in [2.45, 2.75) is 63.9 Å². The van der Waals surface area contributed by atoms with Crippen LogP contribution in [0.1, 0.15) is 37.8 Å². The molecule has 0 aromatic heterocycles. The second-order valence-electron chi connectivity index (χ2n) is 9.90. The van der Waals surface area contributed by atoms with Crippen molar-refractivity contribution in [1.29, 1.82) is 0 Å². The van der Waals surface area contributed by atoms with Gasteiger partial charge < -0.3 is 26.4 Å². The fourth-order valence-corrected chi connectivity index (χ4v) is 4.64. The molecule has 0 aliphatic rings. The summed E-state index contributed by atoms with van der Waals surface area (Å²) < 4.78 is 5.54. The third kappa shape index (κ3) is 11.9.